The van der Waals surface area contributed by atoms with Crippen molar-refractivity contribution >= 4 is 17.6 Å². The lowest BCUT2D eigenvalue weighted by molar-refractivity contribution is -0.141. The zero-order valence-corrected chi connectivity index (χ0v) is 10.9. The van der Waals surface area contributed by atoms with Crippen LogP contribution in [0.2, 0.25) is 0 Å². The van der Waals surface area contributed by atoms with E-state index in [0.29, 0.717) is 13.0 Å². The topological polar surface area (TPSA) is 79.7 Å². The number of aromatic nitrogens is 1. The molecule has 0 saturated carbocycles. The molecule has 0 bridgehead atoms. The fourth-order valence-electron chi connectivity index (χ4n) is 2.45. The molecule has 1 aromatic rings. The van der Waals surface area contributed by atoms with E-state index in [0.717, 1.165) is 5.69 Å². The standard InChI is InChI=1S/C13H16N2O4/c1-8-10(12(16)17)4-6-15(8)9-3-5-14-11(7-9)13(18)19-2/h3,5,7-8,10H,4,6H2,1-2H3,(H,16,17). The van der Waals surface area contributed by atoms with Gasteiger partial charge in [-0.15, -0.1) is 0 Å². The molecule has 1 aromatic heterocycles. The number of carboxylic acids is 1. The van der Waals surface area contributed by atoms with Gasteiger partial charge in [0.2, 0.25) is 0 Å². The van der Waals surface area contributed by atoms with Crippen molar-refractivity contribution in [3.8, 4) is 0 Å². The fraction of sp³-hybridized carbons (Fsp3) is 0.462. The SMILES string of the molecule is COC(=O)c1cc(N2CCC(C(=O)O)C2C)ccn1. The van der Waals surface area contributed by atoms with E-state index in [1.807, 2.05) is 11.8 Å². The van der Waals surface area contributed by atoms with Crippen LogP contribution in [0.4, 0.5) is 5.69 Å². The fourth-order valence-corrected chi connectivity index (χ4v) is 2.45. The predicted molar refractivity (Wildman–Crippen MR) is 68.1 cm³/mol. The van der Waals surface area contributed by atoms with E-state index in [9.17, 15) is 9.59 Å². The summed E-state index contributed by atoms with van der Waals surface area (Å²) < 4.78 is 4.63. The van der Waals surface area contributed by atoms with Crippen LogP contribution >= 0.6 is 0 Å². The predicted octanol–water partition coefficient (Wildman–Crippen LogP) is 1.17. The van der Waals surface area contributed by atoms with E-state index >= 15 is 0 Å². The van der Waals surface area contributed by atoms with E-state index in [4.69, 9.17) is 5.11 Å². The molecule has 1 aliphatic rings. The maximum absolute atomic E-state index is 11.4. The Morgan fingerprint density at radius 3 is 2.84 bits per heavy atom. The van der Waals surface area contributed by atoms with Crippen molar-refractivity contribution in [2.24, 2.45) is 5.92 Å². The lowest BCUT2D eigenvalue weighted by Gasteiger charge is -2.25. The Balaban J connectivity index is 2.23. The molecule has 0 aromatic carbocycles. The Morgan fingerprint density at radius 1 is 1.53 bits per heavy atom. The van der Waals surface area contributed by atoms with Crippen molar-refractivity contribution in [3.05, 3.63) is 24.0 Å². The molecule has 6 heteroatoms. The first-order valence-electron chi connectivity index (χ1n) is 6.08. The number of carbonyl (C=O) groups excluding carboxylic acids is 1. The molecule has 0 amide bonds. The quantitative estimate of drug-likeness (QED) is 0.825. The molecule has 0 aliphatic carbocycles. The molecular formula is C13H16N2O4. The van der Waals surface area contributed by atoms with Gasteiger partial charge in [-0.3, -0.25) is 4.79 Å². The minimum Gasteiger partial charge on any atom is -0.481 e. The number of ether oxygens (including phenoxy) is 1. The van der Waals surface area contributed by atoms with Crippen LogP contribution < -0.4 is 4.90 Å². The second-order valence-corrected chi connectivity index (χ2v) is 4.56. The summed E-state index contributed by atoms with van der Waals surface area (Å²) in [6, 6.07) is 3.30. The van der Waals surface area contributed by atoms with Crippen molar-refractivity contribution in [3.63, 3.8) is 0 Å². The largest absolute Gasteiger partial charge is 0.481 e. The average molecular weight is 264 g/mol. The molecule has 0 spiro atoms. The van der Waals surface area contributed by atoms with Gasteiger partial charge in [-0.2, -0.15) is 0 Å². The third-order valence-electron chi connectivity index (χ3n) is 3.54. The van der Waals surface area contributed by atoms with E-state index in [1.165, 1.54) is 13.3 Å². The summed E-state index contributed by atoms with van der Waals surface area (Å²) in [5.74, 6) is -1.66. The van der Waals surface area contributed by atoms with Gasteiger partial charge >= 0.3 is 11.9 Å². The number of anilines is 1. The molecule has 1 N–H and O–H groups in total. The average Bonchev–Trinajstić information content (AvgIpc) is 2.80. The molecule has 2 heterocycles. The Kier molecular flexibility index (Phi) is 3.69. The van der Waals surface area contributed by atoms with Crippen LogP contribution in [0.25, 0.3) is 0 Å². The first kappa shape index (κ1) is 13.3. The maximum Gasteiger partial charge on any atom is 0.356 e. The first-order chi connectivity index (χ1) is 9.04. The van der Waals surface area contributed by atoms with Crippen molar-refractivity contribution in [2.75, 3.05) is 18.6 Å². The number of hydrogen-bond acceptors (Lipinski definition) is 5. The lowest BCUT2D eigenvalue weighted by Crippen LogP contribution is -2.33. The highest BCUT2D eigenvalue weighted by Gasteiger charge is 2.35. The third kappa shape index (κ3) is 2.52. The molecule has 1 aliphatic heterocycles. The molecule has 6 nitrogen and oxygen atoms in total. The molecule has 2 rings (SSSR count). The summed E-state index contributed by atoms with van der Waals surface area (Å²) in [5, 5.41) is 9.12. The van der Waals surface area contributed by atoms with Crippen molar-refractivity contribution < 1.29 is 19.4 Å². The first-order valence-corrected chi connectivity index (χ1v) is 6.08. The minimum atomic E-state index is -0.780. The summed E-state index contributed by atoms with van der Waals surface area (Å²) in [6.45, 7) is 2.53. The van der Waals surface area contributed by atoms with Crippen LogP contribution in [0, 0.1) is 5.92 Å². The van der Waals surface area contributed by atoms with E-state index in [2.05, 4.69) is 9.72 Å². The molecule has 0 radical (unpaired) electrons. The highest BCUT2D eigenvalue weighted by Crippen LogP contribution is 2.29. The summed E-state index contributed by atoms with van der Waals surface area (Å²) >= 11 is 0. The summed E-state index contributed by atoms with van der Waals surface area (Å²) in [5.41, 5.74) is 1.03. The van der Waals surface area contributed by atoms with Crippen LogP contribution in [-0.2, 0) is 9.53 Å². The number of aliphatic carboxylic acids is 1. The third-order valence-corrected chi connectivity index (χ3v) is 3.54. The molecule has 1 fully saturated rings. The summed E-state index contributed by atoms with van der Waals surface area (Å²) in [7, 11) is 1.30. The van der Waals surface area contributed by atoms with Crippen LogP contribution in [0.1, 0.15) is 23.8 Å². The number of pyridine rings is 1. The van der Waals surface area contributed by atoms with Gasteiger partial charge in [-0.1, -0.05) is 0 Å². The summed E-state index contributed by atoms with van der Waals surface area (Å²) in [4.78, 5) is 28.5. The highest BCUT2D eigenvalue weighted by molar-refractivity contribution is 5.88. The molecule has 1 saturated heterocycles. The van der Waals surface area contributed by atoms with Crippen molar-refractivity contribution in [2.45, 2.75) is 19.4 Å². The Morgan fingerprint density at radius 2 is 2.26 bits per heavy atom. The van der Waals surface area contributed by atoms with Crippen LogP contribution in [0.15, 0.2) is 18.3 Å². The van der Waals surface area contributed by atoms with Gasteiger partial charge in [-0.05, 0) is 25.5 Å². The molecular weight excluding hydrogens is 248 g/mol. The van der Waals surface area contributed by atoms with Gasteiger partial charge in [0.05, 0.1) is 13.0 Å². The Bertz CT molecular complexity index is 503. The number of nitrogens with zero attached hydrogens (tertiary/aromatic N) is 2. The van der Waals surface area contributed by atoms with E-state index < -0.39 is 11.9 Å². The number of carbonyl (C=O) groups is 2. The zero-order valence-electron chi connectivity index (χ0n) is 10.9. The molecule has 2 atom stereocenters. The lowest BCUT2D eigenvalue weighted by atomic mass is 10.0. The van der Waals surface area contributed by atoms with Crippen molar-refractivity contribution in [1.82, 2.24) is 4.98 Å². The van der Waals surface area contributed by atoms with Gasteiger partial charge in [-0.25, -0.2) is 9.78 Å². The monoisotopic (exact) mass is 264 g/mol. The van der Waals surface area contributed by atoms with Crippen LogP contribution in [0.5, 0.6) is 0 Å². The summed E-state index contributed by atoms with van der Waals surface area (Å²) in [6.07, 6.45) is 2.13. The Labute approximate surface area is 111 Å². The van der Waals surface area contributed by atoms with Crippen LogP contribution in [-0.4, -0.2) is 41.7 Å². The molecule has 102 valence electrons. The van der Waals surface area contributed by atoms with Gasteiger partial charge in [0.25, 0.3) is 0 Å². The maximum atomic E-state index is 11.4. The number of esters is 1. The number of methoxy groups -OCH3 is 1. The number of rotatable bonds is 3. The number of hydrogen-bond donors (Lipinski definition) is 1. The van der Waals surface area contributed by atoms with Crippen molar-refractivity contribution in [1.29, 1.82) is 0 Å². The van der Waals surface area contributed by atoms with Gasteiger partial charge in [0, 0.05) is 24.5 Å². The smallest absolute Gasteiger partial charge is 0.356 e. The second kappa shape index (κ2) is 5.26. The Hall–Kier alpha value is -2.11. The van der Waals surface area contributed by atoms with Gasteiger partial charge < -0.3 is 14.7 Å². The number of carboxylic acid groups (broad SMARTS) is 1. The van der Waals surface area contributed by atoms with E-state index in [-0.39, 0.29) is 17.7 Å². The van der Waals surface area contributed by atoms with Gasteiger partial charge in [0.15, 0.2) is 0 Å². The normalized spacial score (nSPS) is 22.3. The van der Waals surface area contributed by atoms with E-state index in [1.54, 1.807) is 12.1 Å². The zero-order chi connectivity index (χ0) is 14.0. The molecule has 2 unspecified atom stereocenters. The van der Waals surface area contributed by atoms with Crippen LogP contribution in [0.3, 0.4) is 0 Å². The molecule has 19 heavy (non-hydrogen) atoms. The second-order valence-electron chi connectivity index (χ2n) is 4.56. The highest BCUT2D eigenvalue weighted by atomic mass is 16.5. The van der Waals surface area contributed by atoms with Gasteiger partial charge in [0.1, 0.15) is 5.69 Å². The minimum absolute atomic E-state index is 0.106.